The van der Waals surface area contributed by atoms with Crippen LogP contribution in [0.5, 0.6) is 5.75 Å². The van der Waals surface area contributed by atoms with Crippen molar-refractivity contribution in [2.45, 2.75) is 18.9 Å². The van der Waals surface area contributed by atoms with Crippen LogP contribution in [0.1, 0.15) is 18.4 Å². The summed E-state index contributed by atoms with van der Waals surface area (Å²) in [6.45, 7) is 1.70. The Bertz CT molecular complexity index is 436. The third-order valence-electron chi connectivity index (χ3n) is 2.54. The molecule has 1 N–H and O–H groups in total. The minimum absolute atomic E-state index is 0.394. The van der Waals surface area contributed by atoms with Crippen LogP contribution in [0.4, 0.5) is 0 Å². The molecule has 0 saturated carbocycles. The van der Waals surface area contributed by atoms with Gasteiger partial charge in [-0.3, -0.25) is 4.79 Å². The van der Waals surface area contributed by atoms with Crippen LogP contribution in [0, 0.1) is 0 Å². The van der Waals surface area contributed by atoms with Crippen molar-refractivity contribution in [2.24, 2.45) is 5.11 Å². The zero-order valence-corrected chi connectivity index (χ0v) is 9.57. The van der Waals surface area contributed by atoms with E-state index in [1.165, 1.54) is 0 Å². The Hall–Kier alpha value is -2.20. The summed E-state index contributed by atoms with van der Waals surface area (Å²) in [5, 5.41) is 12.2. The van der Waals surface area contributed by atoms with Crippen molar-refractivity contribution in [1.29, 1.82) is 0 Å². The summed E-state index contributed by atoms with van der Waals surface area (Å²) in [7, 11) is 1.55. The number of nitrogens with zero attached hydrogens (tertiary/aromatic N) is 3. The van der Waals surface area contributed by atoms with Gasteiger partial charge in [-0.05, 0) is 23.2 Å². The second kappa shape index (κ2) is 5.77. The second-order valence-electron chi connectivity index (χ2n) is 3.55. The van der Waals surface area contributed by atoms with E-state index >= 15 is 0 Å². The molecule has 0 fully saturated rings. The lowest BCUT2D eigenvalue weighted by atomic mass is 9.94. The number of azide groups is 1. The van der Waals surface area contributed by atoms with Crippen molar-refractivity contribution in [2.75, 3.05) is 7.11 Å². The molecule has 6 nitrogen and oxygen atoms in total. The van der Waals surface area contributed by atoms with E-state index in [-0.39, 0.29) is 0 Å². The fourth-order valence-electron chi connectivity index (χ4n) is 1.51. The molecule has 0 bridgehead atoms. The first-order chi connectivity index (χ1) is 8.10. The highest BCUT2D eigenvalue weighted by atomic mass is 16.5. The van der Waals surface area contributed by atoms with Crippen molar-refractivity contribution in [3.05, 3.63) is 40.3 Å². The number of hydrogen-bond donors (Lipinski definition) is 1. The largest absolute Gasteiger partial charge is 0.497 e. The van der Waals surface area contributed by atoms with Gasteiger partial charge in [0.1, 0.15) is 11.8 Å². The van der Waals surface area contributed by atoms with Crippen molar-refractivity contribution in [1.82, 2.24) is 0 Å². The van der Waals surface area contributed by atoms with E-state index in [1.54, 1.807) is 38.3 Å². The lowest BCUT2D eigenvalue weighted by Crippen LogP contribution is -2.23. The molecule has 0 heterocycles. The first-order valence-corrected chi connectivity index (χ1v) is 5.01. The van der Waals surface area contributed by atoms with E-state index in [0.717, 1.165) is 5.56 Å². The Kier molecular flexibility index (Phi) is 4.37. The fourth-order valence-corrected chi connectivity index (χ4v) is 1.51. The van der Waals surface area contributed by atoms with Gasteiger partial charge in [-0.15, -0.1) is 0 Å². The van der Waals surface area contributed by atoms with Crippen LogP contribution in [-0.4, -0.2) is 24.2 Å². The summed E-state index contributed by atoms with van der Waals surface area (Å²) in [6.07, 6.45) is 0. The van der Waals surface area contributed by atoms with Gasteiger partial charge < -0.3 is 9.84 Å². The summed E-state index contributed by atoms with van der Waals surface area (Å²) in [5.74, 6) is -0.836. The number of hydrogen-bond acceptors (Lipinski definition) is 3. The lowest BCUT2D eigenvalue weighted by Gasteiger charge is -2.16. The highest BCUT2D eigenvalue weighted by Crippen LogP contribution is 2.24. The SMILES string of the molecule is COc1ccc([C@@H](C)[C@@H](N=[N+]=[N-])C(=O)O)cc1. The van der Waals surface area contributed by atoms with E-state index in [4.69, 9.17) is 15.4 Å². The lowest BCUT2D eigenvalue weighted by molar-refractivity contribution is -0.138. The zero-order chi connectivity index (χ0) is 12.8. The molecular formula is C11H13N3O3. The highest BCUT2D eigenvalue weighted by molar-refractivity contribution is 5.75. The number of rotatable bonds is 5. The molecule has 0 aliphatic rings. The minimum atomic E-state index is -1.13. The topological polar surface area (TPSA) is 95.3 Å². The summed E-state index contributed by atoms with van der Waals surface area (Å²) in [4.78, 5) is 13.5. The molecule has 1 rings (SSSR count). The van der Waals surface area contributed by atoms with Gasteiger partial charge in [-0.25, -0.2) is 0 Å². The Morgan fingerprint density at radius 3 is 2.47 bits per heavy atom. The molecule has 0 saturated heterocycles. The highest BCUT2D eigenvalue weighted by Gasteiger charge is 2.24. The fraction of sp³-hybridized carbons (Fsp3) is 0.364. The van der Waals surface area contributed by atoms with Gasteiger partial charge in [-0.1, -0.05) is 24.2 Å². The molecule has 0 aliphatic carbocycles. The van der Waals surface area contributed by atoms with Crippen LogP contribution >= 0.6 is 0 Å². The quantitative estimate of drug-likeness (QED) is 0.482. The number of ether oxygens (including phenoxy) is 1. The Morgan fingerprint density at radius 2 is 2.06 bits per heavy atom. The molecule has 6 heteroatoms. The average molecular weight is 235 g/mol. The van der Waals surface area contributed by atoms with Crippen LogP contribution in [-0.2, 0) is 4.79 Å². The first-order valence-electron chi connectivity index (χ1n) is 5.01. The Balaban J connectivity index is 2.96. The maximum atomic E-state index is 10.9. The van der Waals surface area contributed by atoms with Gasteiger partial charge in [0, 0.05) is 10.8 Å². The molecule has 2 atom stereocenters. The van der Waals surface area contributed by atoms with E-state index in [0.29, 0.717) is 5.75 Å². The van der Waals surface area contributed by atoms with Crippen LogP contribution in [0.15, 0.2) is 29.4 Å². The molecule has 0 spiro atoms. The first kappa shape index (κ1) is 12.9. The van der Waals surface area contributed by atoms with Gasteiger partial charge in [0.25, 0.3) is 0 Å². The third kappa shape index (κ3) is 3.12. The maximum Gasteiger partial charge on any atom is 0.313 e. The second-order valence-corrected chi connectivity index (χ2v) is 3.55. The molecule has 0 aromatic heterocycles. The molecular weight excluding hydrogens is 222 g/mol. The van der Waals surface area contributed by atoms with E-state index in [2.05, 4.69) is 10.0 Å². The predicted molar refractivity (Wildman–Crippen MR) is 62.0 cm³/mol. The Labute approximate surface area is 98.5 Å². The van der Waals surface area contributed by atoms with Crippen molar-refractivity contribution in [3.8, 4) is 5.75 Å². The smallest absolute Gasteiger partial charge is 0.313 e. The van der Waals surface area contributed by atoms with Crippen molar-refractivity contribution < 1.29 is 14.6 Å². The number of carbonyl (C=O) groups is 1. The van der Waals surface area contributed by atoms with E-state index < -0.39 is 17.9 Å². The maximum absolute atomic E-state index is 10.9. The van der Waals surface area contributed by atoms with Crippen LogP contribution in [0.25, 0.3) is 10.4 Å². The van der Waals surface area contributed by atoms with Crippen LogP contribution in [0.3, 0.4) is 0 Å². The van der Waals surface area contributed by atoms with Gasteiger partial charge in [0.15, 0.2) is 0 Å². The van der Waals surface area contributed by atoms with Crippen molar-refractivity contribution in [3.63, 3.8) is 0 Å². The van der Waals surface area contributed by atoms with Gasteiger partial charge >= 0.3 is 5.97 Å². The zero-order valence-electron chi connectivity index (χ0n) is 9.57. The molecule has 0 unspecified atom stereocenters. The van der Waals surface area contributed by atoms with Crippen LogP contribution in [0.2, 0.25) is 0 Å². The van der Waals surface area contributed by atoms with Gasteiger partial charge in [-0.2, -0.15) is 0 Å². The number of aliphatic carboxylic acids is 1. The molecule has 1 aromatic rings. The van der Waals surface area contributed by atoms with Crippen molar-refractivity contribution >= 4 is 5.97 Å². The molecule has 17 heavy (non-hydrogen) atoms. The third-order valence-corrected chi connectivity index (χ3v) is 2.54. The normalized spacial score (nSPS) is 13.3. The molecule has 0 aliphatic heterocycles. The van der Waals surface area contributed by atoms with E-state index in [9.17, 15) is 4.79 Å². The van der Waals surface area contributed by atoms with E-state index in [1.807, 2.05) is 0 Å². The average Bonchev–Trinajstić information content (AvgIpc) is 2.35. The summed E-state index contributed by atoms with van der Waals surface area (Å²) < 4.78 is 5.01. The molecule has 1 aromatic carbocycles. The van der Waals surface area contributed by atoms with Crippen LogP contribution < -0.4 is 4.74 Å². The minimum Gasteiger partial charge on any atom is -0.497 e. The molecule has 90 valence electrons. The Morgan fingerprint density at radius 1 is 1.47 bits per heavy atom. The predicted octanol–water partition coefficient (Wildman–Crippen LogP) is 2.56. The molecule has 0 amide bonds. The number of methoxy groups -OCH3 is 1. The standard InChI is InChI=1S/C11H13N3O3/c1-7(10(11(15)16)13-14-12)8-3-5-9(17-2)6-4-8/h3-7,10H,1-2H3,(H,15,16)/t7-,10-/m1/s1. The monoisotopic (exact) mass is 235 g/mol. The number of carboxylic acids is 1. The number of carboxylic acid groups (broad SMARTS) is 1. The summed E-state index contributed by atoms with van der Waals surface area (Å²) in [5.41, 5.74) is 9.12. The number of benzene rings is 1. The van der Waals surface area contributed by atoms with Gasteiger partial charge in [0.2, 0.25) is 0 Å². The van der Waals surface area contributed by atoms with Gasteiger partial charge in [0.05, 0.1) is 7.11 Å². The summed E-state index contributed by atoms with van der Waals surface area (Å²) >= 11 is 0. The summed E-state index contributed by atoms with van der Waals surface area (Å²) in [6, 6.07) is 5.88. The molecule has 0 radical (unpaired) electrons.